The van der Waals surface area contributed by atoms with Crippen LogP contribution < -0.4 is 15.8 Å². The molecule has 1 spiro atoms. The predicted octanol–water partition coefficient (Wildman–Crippen LogP) is 2.70. The number of aromatic nitrogens is 4. The predicted molar refractivity (Wildman–Crippen MR) is 107 cm³/mol. The Bertz CT molecular complexity index is 993. The maximum absolute atomic E-state index is 6.07. The van der Waals surface area contributed by atoms with E-state index in [1.165, 1.54) is 18.5 Å². The van der Waals surface area contributed by atoms with Crippen molar-refractivity contribution >= 4 is 5.82 Å². The van der Waals surface area contributed by atoms with Gasteiger partial charge in [-0.05, 0) is 50.6 Å². The van der Waals surface area contributed by atoms with Gasteiger partial charge in [-0.1, -0.05) is 6.07 Å². The van der Waals surface area contributed by atoms with Gasteiger partial charge in [-0.15, -0.1) is 0 Å². The number of ether oxygens (including phenoxy) is 1. The lowest BCUT2D eigenvalue weighted by atomic mass is 9.82. The Balaban J connectivity index is 1.44. The summed E-state index contributed by atoms with van der Waals surface area (Å²) in [6.07, 6.45) is 5.64. The summed E-state index contributed by atoms with van der Waals surface area (Å²) in [6, 6.07) is 9.91. The molecule has 7 heteroatoms. The molecule has 28 heavy (non-hydrogen) atoms. The average Bonchev–Trinajstić information content (AvgIpc) is 3.43. The normalized spacial score (nSPS) is 21.8. The highest BCUT2D eigenvalue weighted by atomic mass is 16.5. The number of nitrogens with one attached hydrogen (secondary N) is 1. The summed E-state index contributed by atoms with van der Waals surface area (Å²) >= 11 is 0. The molecule has 2 aliphatic heterocycles. The topological polar surface area (TPSA) is 90.9 Å². The smallest absolute Gasteiger partial charge is 0.166 e. The number of fused-ring (bicyclic) bond motifs is 2. The van der Waals surface area contributed by atoms with E-state index in [4.69, 9.17) is 15.6 Å². The molecule has 7 nitrogen and oxygen atoms in total. The zero-order valence-corrected chi connectivity index (χ0v) is 15.9. The fourth-order valence-corrected chi connectivity index (χ4v) is 4.34. The molecule has 3 N–H and O–H groups in total. The second-order valence-corrected chi connectivity index (χ2v) is 7.72. The highest BCUT2D eigenvalue weighted by Crippen LogP contribution is 2.41. The first kappa shape index (κ1) is 17.2. The number of hydrogen-bond donors (Lipinski definition) is 2. The van der Waals surface area contributed by atoms with E-state index in [0.29, 0.717) is 11.6 Å². The Kier molecular flexibility index (Phi) is 4.05. The first-order valence-corrected chi connectivity index (χ1v) is 9.77. The Labute approximate surface area is 164 Å². The van der Waals surface area contributed by atoms with E-state index >= 15 is 0 Å². The van der Waals surface area contributed by atoms with Crippen LogP contribution in [0.25, 0.3) is 11.3 Å². The van der Waals surface area contributed by atoms with Crippen LogP contribution in [0.1, 0.15) is 37.3 Å². The maximum Gasteiger partial charge on any atom is 0.166 e. The second-order valence-electron chi connectivity index (χ2n) is 7.72. The van der Waals surface area contributed by atoms with Crippen LogP contribution in [0.4, 0.5) is 5.82 Å². The van der Waals surface area contributed by atoms with Gasteiger partial charge in [0.05, 0.1) is 11.4 Å². The van der Waals surface area contributed by atoms with Gasteiger partial charge in [0.15, 0.2) is 11.6 Å². The molecule has 2 aliphatic rings. The molecule has 1 fully saturated rings. The van der Waals surface area contributed by atoms with Crippen molar-refractivity contribution in [1.82, 2.24) is 25.1 Å². The molecule has 0 aliphatic carbocycles. The van der Waals surface area contributed by atoms with Gasteiger partial charge in [-0.3, -0.25) is 9.67 Å². The first-order chi connectivity index (χ1) is 13.6. The molecule has 3 aromatic heterocycles. The number of nitrogens with zero attached hydrogens (tertiary/aromatic N) is 4. The molecule has 2 atom stereocenters. The van der Waals surface area contributed by atoms with E-state index in [2.05, 4.69) is 26.0 Å². The van der Waals surface area contributed by atoms with Gasteiger partial charge in [0.1, 0.15) is 6.10 Å². The second kappa shape index (κ2) is 6.60. The Morgan fingerprint density at radius 1 is 1.25 bits per heavy atom. The number of pyridine rings is 2. The van der Waals surface area contributed by atoms with E-state index in [0.717, 1.165) is 36.6 Å². The molecule has 144 valence electrons. The van der Waals surface area contributed by atoms with Crippen LogP contribution >= 0.6 is 0 Å². The van der Waals surface area contributed by atoms with Crippen molar-refractivity contribution in [2.45, 2.75) is 37.8 Å². The average molecular weight is 376 g/mol. The number of aryl methyl sites for hydroxylation is 1. The molecule has 0 bridgehead atoms. The minimum absolute atomic E-state index is 0.222. The molecule has 1 saturated heterocycles. The van der Waals surface area contributed by atoms with E-state index < -0.39 is 0 Å². The third kappa shape index (κ3) is 2.82. The number of hydrogen-bond acceptors (Lipinski definition) is 6. The summed E-state index contributed by atoms with van der Waals surface area (Å²) in [4.78, 5) is 8.70. The quantitative estimate of drug-likeness (QED) is 0.728. The van der Waals surface area contributed by atoms with E-state index in [1.807, 2.05) is 31.2 Å². The molecule has 5 heterocycles. The molecule has 0 amide bonds. The molecule has 0 aromatic carbocycles. The lowest BCUT2D eigenvalue weighted by Crippen LogP contribution is -2.25. The molecule has 5 rings (SSSR count). The molecule has 0 radical (unpaired) electrons. The van der Waals surface area contributed by atoms with Gasteiger partial charge in [-0.25, -0.2) is 4.98 Å². The first-order valence-electron chi connectivity index (χ1n) is 9.77. The van der Waals surface area contributed by atoms with Crippen LogP contribution in [-0.2, 0) is 12.0 Å². The molecular formula is C21H24N6O. The standard InChI is InChI=1S/C21H24N6O/c1-14(16-4-2-3-7-24-16)28-18-10-15(12-25-20(18)22)17-11-19-21(5-8-23-13-21)6-9-27(19)26-17/h2-4,7,10-12,14,23H,5-6,8-9,13H2,1H3,(H2,22,25). The number of nitrogens with two attached hydrogens (primary N) is 1. The van der Waals surface area contributed by atoms with Crippen molar-refractivity contribution in [3.05, 3.63) is 54.1 Å². The van der Waals surface area contributed by atoms with Crippen molar-refractivity contribution in [2.75, 3.05) is 18.8 Å². The number of rotatable bonds is 4. The van der Waals surface area contributed by atoms with E-state index in [9.17, 15) is 0 Å². The Morgan fingerprint density at radius 2 is 2.18 bits per heavy atom. The van der Waals surface area contributed by atoms with Gasteiger partial charge in [0.2, 0.25) is 0 Å². The highest BCUT2D eigenvalue weighted by Gasteiger charge is 2.42. The summed E-state index contributed by atoms with van der Waals surface area (Å²) in [5.74, 6) is 0.927. The van der Waals surface area contributed by atoms with Gasteiger partial charge >= 0.3 is 0 Å². The van der Waals surface area contributed by atoms with Crippen LogP contribution in [0.5, 0.6) is 5.75 Å². The fourth-order valence-electron chi connectivity index (χ4n) is 4.34. The molecule has 3 aromatic rings. The van der Waals surface area contributed by atoms with Crippen molar-refractivity contribution in [1.29, 1.82) is 0 Å². The lowest BCUT2D eigenvalue weighted by Gasteiger charge is -2.20. The lowest BCUT2D eigenvalue weighted by molar-refractivity contribution is 0.222. The highest BCUT2D eigenvalue weighted by molar-refractivity contribution is 5.64. The van der Waals surface area contributed by atoms with Crippen molar-refractivity contribution < 1.29 is 4.74 Å². The number of anilines is 1. The third-order valence-electron chi connectivity index (χ3n) is 5.95. The van der Waals surface area contributed by atoms with Crippen LogP contribution in [0, 0.1) is 0 Å². The Hall–Kier alpha value is -2.93. The van der Waals surface area contributed by atoms with E-state index in [1.54, 1.807) is 12.4 Å². The summed E-state index contributed by atoms with van der Waals surface area (Å²) in [6.45, 7) is 5.04. The fraction of sp³-hybridized carbons (Fsp3) is 0.381. The minimum atomic E-state index is -0.222. The molecular weight excluding hydrogens is 352 g/mol. The van der Waals surface area contributed by atoms with Gasteiger partial charge in [0, 0.05) is 42.2 Å². The van der Waals surface area contributed by atoms with Crippen LogP contribution in [0.2, 0.25) is 0 Å². The molecule has 2 unspecified atom stereocenters. The molecule has 0 saturated carbocycles. The summed E-state index contributed by atoms with van der Waals surface area (Å²) in [5.41, 5.74) is 10.3. The number of nitrogen functional groups attached to an aromatic ring is 1. The van der Waals surface area contributed by atoms with Crippen LogP contribution in [-0.4, -0.2) is 32.8 Å². The summed E-state index contributed by atoms with van der Waals surface area (Å²) in [7, 11) is 0. The van der Waals surface area contributed by atoms with Gasteiger partial charge in [-0.2, -0.15) is 5.10 Å². The summed E-state index contributed by atoms with van der Waals surface area (Å²) in [5, 5.41) is 8.33. The largest absolute Gasteiger partial charge is 0.481 e. The van der Waals surface area contributed by atoms with Crippen LogP contribution in [0.3, 0.4) is 0 Å². The van der Waals surface area contributed by atoms with Crippen LogP contribution in [0.15, 0.2) is 42.7 Å². The Morgan fingerprint density at radius 3 is 2.96 bits per heavy atom. The van der Waals surface area contributed by atoms with Gasteiger partial charge in [0.25, 0.3) is 0 Å². The zero-order valence-electron chi connectivity index (χ0n) is 15.9. The minimum Gasteiger partial charge on any atom is -0.481 e. The van der Waals surface area contributed by atoms with E-state index in [-0.39, 0.29) is 11.5 Å². The monoisotopic (exact) mass is 376 g/mol. The van der Waals surface area contributed by atoms with Gasteiger partial charge < -0.3 is 15.8 Å². The van der Waals surface area contributed by atoms with Crippen molar-refractivity contribution in [3.63, 3.8) is 0 Å². The van der Waals surface area contributed by atoms with Crippen molar-refractivity contribution in [3.8, 4) is 17.0 Å². The summed E-state index contributed by atoms with van der Waals surface area (Å²) < 4.78 is 8.22. The zero-order chi connectivity index (χ0) is 19.1. The third-order valence-corrected chi connectivity index (χ3v) is 5.95. The SMILES string of the molecule is CC(Oc1cc(-c2cc3n(n2)CCC32CCNC2)cnc1N)c1ccccn1. The van der Waals surface area contributed by atoms with Crippen molar-refractivity contribution in [2.24, 2.45) is 0 Å². The maximum atomic E-state index is 6.07.